The number of hydrogen-bond donors (Lipinski definition) is 7. The third-order valence-corrected chi connectivity index (χ3v) is 6.83. The number of fused-ring (bicyclic) bond motifs is 1. The van der Waals surface area contributed by atoms with E-state index in [4.69, 9.17) is 24.7 Å². The van der Waals surface area contributed by atoms with Crippen LogP contribution in [0.5, 0.6) is 5.75 Å². The molecule has 0 saturated carbocycles. The Labute approximate surface area is 279 Å². The number of ether oxygens (including phenoxy) is 1. The second kappa shape index (κ2) is 18.9. The molecule has 0 aliphatic heterocycles. The summed E-state index contributed by atoms with van der Waals surface area (Å²) in [6, 6.07) is 12.8. The van der Waals surface area contributed by atoms with Gasteiger partial charge in [-0.3, -0.25) is 14.4 Å². The van der Waals surface area contributed by atoms with Gasteiger partial charge in [-0.2, -0.15) is 5.10 Å². The lowest BCUT2D eigenvalue weighted by atomic mass is 10.2. The monoisotopic (exact) mass is 703 g/mol. The molecule has 4 rings (SSSR count). The summed E-state index contributed by atoms with van der Waals surface area (Å²) in [5.74, 6) is -1.63. The van der Waals surface area contributed by atoms with E-state index in [1.807, 2.05) is 24.0 Å². The Kier molecular flexibility index (Phi) is 14.7. The van der Waals surface area contributed by atoms with Crippen LogP contribution in [-0.2, 0) is 29.9 Å². The van der Waals surface area contributed by atoms with Gasteiger partial charge in [-0.25, -0.2) is 28.5 Å². The van der Waals surface area contributed by atoms with Crippen molar-refractivity contribution in [3.8, 4) is 5.75 Å². The minimum Gasteiger partial charge on any atom is -0.493 e. The van der Waals surface area contributed by atoms with Crippen molar-refractivity contribution in [3.63, 3.8) is 0 Å². The van der Waals surface area contributed by atoms with Gasteiger partial charge in [-0.1, -0.05) is 13.0 Å². The molecule has 4 aromatic rings. The Morgan fingerprint density at radius 3 is 2.45 bits per heavy atom. The number of carbonyl (C=O) groups is 3. The van der Waals surface area contributed by atoms with Crippen molar-refractivity contribution in [2.75, 3.05) is 43.5 Å². The quantitative estimate of drug-likeness (QED) is 0.0473. The molecule has 0 aliphatic carbocycles. The van der Waals surface area contributed by atoms with Gasteiger partial charge in [-0.15, -0.1) is 0 Å². The van der Waals surface area contributed by atoms with Gasteiger partial charge in [0.25, 0.3) is 0 Å². The van der Waals surface area contributed by atoms with Crippen LogP contribution < -0.4 is 15.4 Å². The first-order chi connectivity index (χ1) is 23.3. The number of aromatic nitrogens is 4. The first-order valence-corrected chi connectivity index (χ1v) is 16.1. The van der Waals surface area contributed by atoms with E-state index >= 15 is 0 Å². The Morgan fingerprint density at radius 2 is 1.78 bits per heavy atom. The number of anilines is 3. The van der Waals surface area contributed by atoms with E-state index in [0.717, 1.165) is 5.39 Å². The van der Waals surface area contributed by atoms with Gasteiger partial charge in [0.2, 0.25) is 5.91 Å². The lowest BCUT2D eigenvalue weighted by Crippen LogP contribution is -2.29. The van der Waals surface area contributed by atoms with Gasteiger partial charge in [0, 0.05) is 54.1 Å². The van der Waals surface area contributed by atoms with Gasteiger partial charge in [-0.05, 0) is 43.3 Å². The number of rotatable bonds is 17. The number of likely N-dealkylation sites (N-methyl/N-ethyl adjacent to an activating group) is 1. The number of carboxylic acid groups (broad SMARTS) is 2. The summed E-state index contributed by atoms with van der Waals surface area (Å²) in [6.45, 7) is 4.16. The third kappa shape index (κ3) is 14.6. The topological polar surface area (TPSA) is 249 Å². The summed E-state index contributed by atoms with van der Waals surface area (Å²) < 4.78 is 34.5. The van der Waals surface area contributed by atoms with Gasteiger partial charge >= 0.3 is 19.8 Å². The zero-order valence-corrected chi connectivity index (χ0v) is 27.0. The summed E-state index contributed by atoms with van der Waals surface area (Å²) in [5, 5.41) is 29.2. The van der Waals surface area contributed by atoms with E-state index < -0.39 is 25.6 Å². The standard InChI is InChI=1S/C26H31FN7O6P.C4H4O4/c1-2-34(10-12-40-41(36,37)38)9-4-11-39-21-7-8-22-23(16-21)28-17-29-26(22)31-24-14-20(32-33-24)15-25(35)30-19-6-3-5-18(27)13-19;5-3(6)1-2-4(7)8/h3,5-8,13-14,16-17H,2,4,9-12,15H2,1H3,(H,30,35)(H2,36,37,38)(H2,28,29,31,32,33);1-2H,(H,5,6)(H,7,8)/b;2-1+. The second-order valence-corrected chi connectivity index (χ2v) is 11.2. The Morgan fingerprint density at radius 1 is 1.02 bits per heavy atom. The number of phosphoric ester groups is 1. The predicted octanol–water partition coefficient (Wildman–Crippen LogP) is 3.33. The van der Waals surface area contributed by atoms with Crippen LogP contribution in [0, 0.1) is 5.82 Å². The van der Waals surface area contributed by atoms with Gasteiger partial charge in [0.05, 0.1) is 25.2 Å². The fourth-order valence-corrected chi connectivity index (χ4v) is 4.47. The molecule has 262 valence electrons. The molecule has 17 nitrogen and oxygen atoms in total. The number of aliphatic carboxylic acids is 2. The Balaban J connectivity index is 0.000000723. The third-order valence-electron chi connectivity index (χ3n) is 6.31. The molecule has 19 heteroatoms. The number of nitrogens with zero attached hydrogens (tertiary/aromatic N) is 4. The van der Waals surface area contributed by atoms with Crippen molar-refractivity contribution in [2.45, 2.75) is 19.8 Å². The molecule has 0 unspecified atom stereocenters. The Bertz CT molecular complexity index is 1780. The molecular weight excluding hydrogens is 668 g/mol. The average molecular weight is 704 g/mol. The fraction of sp³-hybridized carbons (Fsp3) is 0.267. The molecule has 2 aromatic heterocycles. The number of aromatic amines is 1. The fourth-order valence-electron chi connectivity index (χ4n) is 4.15. The number of carbonyl (C=O) groups excluding carboxylic acids is 1. The molecule has 49 heavy (non-hydrogen) atoms. The van der Waals surface area contributed by atoms with E-state index in [1.165, 1.54) is 24.5 Å². The minimum absolute atomic E-state index is 0.0214. The maximum absolute atomic E-state index is 13.3. The lowest BCUT2D eigenvalue weighted by Gasteiger charge is -2.20. The SMILES string of the molecule is CCN(CCCOc1ccc2c(Nc3cc(CC(=O)Nc4cccc(F)c4)[nH]n3)ncnc2c1)CCOP(=O)(O)O.O=C(O)/C=C/C(=O)O. The smallest absolute Gasteiger partial charge is 0.469 e. The van der Waals surface area contributed by atoms with Crippen molar-refractivity contribution in [2.24, 2.45) is 0 Å². The van der Waals surface area contributed by atoms with Gasteiger partial charge in [0.15, 0.2) is 5.82 Å². The Hall–Kier alpha value is -5.26. The summed E-state index contributed by atoms with van der Waals surface area (Å²) in [4.78, 5) is 59.7. The summed E-state index contributed by atoms with van der Waals surface area (Å²) >= 11 is 0. The normalized spacial score (nSPS) is 11.3. The molecule has 2 aromatic carbocycles. The number of H-pyrrole nitrogens is 1. The van der Waals surface area contributed by atoms with Crippen LogP contribution in [0.4, 0.5) is 21.7 Å². The van der Waals surface area contributed by atoms with Gasteiger partial charge < -0.3 is 40.3 Å². The van der Waals surface area contributed by atoms with Crippen LogP contribution in [0.3, 0.4) is 0 Å². The largest absolute Gasteiger partial charge is 0.493 e. The minimum atomic E-state index is -4.46. The van der Waals surface area contributed by atoms with Crippen LogP contribution in [0.15, 0.2) is 67.0 Å². The molecule has 0 radical (unpaired) electrons. The van der Waals surface area contributed by atoms with Crippen LogP contribution in [0.2, 0.25) is 0 Å². The molecule has 7 N–H and O–H groups in total. The lowest BCUT2D eigenvalue weighted by molar-refractivity contribution is -0.134. The zero-order valence-electron chi connectivity index (χ0n) is 26.2. The second-order valence-electron chi connectivity index (χ2n) is 10.0. The molecule has 2 heterocycles. The molecule has 0 aliphatic rings. The molecule has 0 spiro atoms. The highest BCUT2D eigenvalue weighted by atomic mass is 31.2. The van der Waals surface area contributed by atoms with Crippen molar-refractivity contribution in [1.82, 2.24) is 25.1 Å². The first kappa shape index (κ1) is 38.2. The van der Waals surface area contributed by atoms with E-state index in [9.17, 15) is 23.3 Å². The number of halogens is 1. The maximum atomic E-state index is 13.3. The average Bonchev–Trinajstić information content (AvgIpc) is 3.47. The number of nitrogens with one attached hydrogen (secondary N) is 3. The van der Waals surface area contributed by atoms with Crippen LogP contribution in [-0.4, -0.2) is 95.8 Å². The van der Waals surface area contributed by atoms with Gasteiger partial charge in [0.1, 0.15) is 23.7 Å². The predicted molar refractivity (Wildman–Crippen MR) is 175 cm³/mol. The molecule has 1 amide bonds. The van der Waals surface area contributed by atoms with Crippen molar-refractivity contribution >= 4 is 53.9 Å². The molecule has 0 atom stereocenters. The molecule has 0 saturated heterocycles. The first-order valence-electron chi connectivity index (χ1n) is 14.6. The molecular formula is C30H35FN7O10P. The van der Waals surface area contributed by atoms with Crippen molar-refractivity contribution in [3.05, 3.63) is 78.5 Å². The summed E-state index contributed by atoms with van der Waals surface area (Å²) in [6.07, 6.45) is 3.27. The van der Waals surface area contributed by atoms with Crippen LogP contribution >= 0.6 is 7.82 Å². The molecule has 0 bridgehead atoms. The van der Waals surface area contributed by atoms with E-state index in [0.29, 0.717) is 79.1 Å². The zero-order chi connectivity index (χ0) is 35.8. The summed E-state index contributed by atoms with van der Waals surface area (Å²) in [7, 11) is -4.46. The maximum Gasteiger partial charge on any atom is 0.469 e. The number of hydrogen-bond acceptors (Lipinski definition) is 11. The van der Waals surface area contributed by atoms with E-state index in [1.54, 1.807) is 18.2 Å². The van der Waals surface area contributed by atoms with Crippen LogP contribution in [0.25, 0.3) is 10.9 Å². The molecule has 0 fully saturated rings. The highest BCUT2D eigenvalue weighted by molar-refractivity contribution is 7.46. The van der Waals surface area contributed by atoms with Crippen molar-refractivity contribution in [1.29, 1.82) is 0 Å². The van der Waals surface area contributed by atoms with E-state index in [2.05, 4.69) is 35.3 Å². The van der Waals surface area contributed by atoms with E-state index in [-0.39, 0.29) is 18.9 Å². The number of carboxylic acids is 2. The highest BCUT2D eigenvalue weighted by Gasteiger charge is 2.14. The number of amides is 1. The number of benzene rings is 2. The van der Waals surface area contributed by atoms with Crippen molar-refractivity contribution < 1.29 is 52.6 Å². The summed E-state index contributed by atoms with van der Waals surface area (Å²) in [5.41, 5.74) is 1.60. The number of phosphoric acid groups is 1. The highest BCUT2D eigenvalue weighted by Crippen LogP contribution is 2.35. The van der Waals surface area contributed by atoms with Crippen LogP contribution in [0.1, 0.15) is 19.0 Å².